The van der Waals surface area contributed by atoms with Gasteiger partial charge in [0.15, 0.2) is 0 Å². The molecule has 100 valence electrons. The highest BCUT2D eigenvalue weighted by molar-refractivity contribution is 5.98. The van der Waals surface area contributed by atoms with Crippen LogP contribution in [0.4, 0.5) is 4.39 Å². The van der Waals surface area contributed by atoms with E-state index >= 15 is 0 Å². The number of nitrogens with zero attached hydrogens (tertiary/aromatic N) is 1. The fourth-order valence-corrected chi connectivity index (χ4v) is 2.37. The van der Waals surface area contributed by atoms with Crippen LogP contribution in [0.25, 0.3) is 22.4 Å². The van der Waals surface area contributed by atoms with E-state index in [0.717, 1.165) is 16.3 Å². The third-order valence-corrected chi connectivity index (χ3v) is 3.38. The number of benzene rings is 3. The van der Waals surface area contributed by atoms with Crippen LogP contribution in [-0.2, 0) is 0 Å². The van der Waals surface area contributed by atoms with E-state index in [0.29, 0.717) is 11.1 Å². The lowest BCUT2D eigenvalue weighted by molar-refractivity contribution is 0.627. The molecule has 0 amide bonds. The largest absolute Gasteiger partial charge is 0.207 e. The van der Waals surface area contributed by atoms with Gasteiger partial charge in [0.1, 0.15) is 5.82 Å². The summed E-state index contributed by atoms with van der Waals surface area (Å²) >= 11 is 0. The molecule has 0 spiro atoms. The summed E-state index contributed by atoms with van der Waals surface area (Å²) in [5.41, 5.74) is 1.99. The molecular formula is C19H12FN. The lowest BCUT2D eigenvalue weighted by Crippen LogP contribution is -1.85. The van der Waals surface area contributed by atoms with Gasteiger partial charge in [-0.15, -0.1) is 0 Å². The highest BCUT2D eigenvalue weighted by Crippen LogP contribution is 2.24. The molecule has 0 saturated heterocycles. The van der Waals surface area contributed by atoms with Crippen molar-refractivity contribution >= 4 is 22.4 Å². The van der Waals surface area contributed by atoms with Gasteiger partial charge in [0.05, 0.1) is 11.6 Å². The Labute approximate surface area is 122 Å². The minimum Gasteiger partial charge on any atom is -0.207 e. The Hall–Kier alpha value is -2.92. The summed E-state index contributed by atoms with van der Waals surface area (Å²) in [5, 5.41) is 11.5. The molecule has 0 fully saturated rings. The summed E-state index contributed by atoms with van der Waals surface area (Å²) < 4.78 is 13.3. The Kier molecular flexibility index (Phi) is 3.49. The van der Waals surface area contributed by atoms with Crippen LogP contribution in [0.3, 0.4) is 0 Å². The Morgan fingerprint density at radius 1 is 0.952 bits per heavy atom. The van der Waals surface area contributed by atoms with E-state index in [2.05, 4.69) is 6.07 Å². The van der Waals surface area contributed by atoms with Crippen molar-refractivity contribution in [2.75, 3.05) is 0 Å². The molecule has 3 aromatic rings. The number of rotatable bonds is 2. The molecular weight excluding hydrogens is 261 g/mol. The zero-order valence-corrected chi connectivity index (χ0v) is 11.3. The molecule has 0 aromatic heterocycles. The van der Waals surface area contributed by atoms with Gasteiger partial charge in [0.2, 0.25) is 0 Å². The first-order chi connectivity index (χ1) is 10.3. The van der Waals surface area contributed by atoms with Crippen LogP contribution < -0.4 is 0 Å². The molecule has 2 heteroatoms. The second-order valence-electron chi connectivity index (χ2n) is 4.75. The fraction of sp³-hybridized carbons (Fsp3) is 0. The first-order valence-electron chi connectivity index (χ1n) is 6.63. The van der Waals surface area contributed by atoms with Crippen LogP contribution in [0.15, 0.2) is 66.7 Å². The first-order valence-corrected chi connectivity index (χ1v) is 6.63. The molecule has 0 N–H and O–H groups in total. The molecule has 0 bridgehead atoms. The van der Waals surface area contributed by atoms with E-state index in [9.17, 15) is 9.65 Å². The predicted molar refractivity (Wildman–Crippen MR) is 83.8 cm³/mol. The minimum atomic E-state index is -0.341. The number of hydrogen-bond acceptors (Lipinski definition) is 1. The summed E-state index contributed by atoms with van der Waals surface area (Å²) in [5.74, 6) is -0.341. The monoisotopic (exact) mass is 273 g/mol. The van der Waals surface area contributed by atoms with Gasteiger partial charge in [-0.2, -0.15) is 5.26 Å². The second kappa shape index (κ2) is 5.60. The van der Waals surface area contributed by atoms with Crippen molar-refractivity contribution in [3.8, 4) is 6.07 Å². The molecule has 0 atom stereocenters. The Bertz CT molecular complexity index is 867. The van der Waals surface area contributed by atoms with E-state index in [1.807, 2.05) is 42.5 Å². The van der Waals surface area contributed by atoms with E-state index in [1.54, 1.807) is 18.2 Å². The molecule has 0 unspecified atom stereocenters. The molecule has 0 heterocycles. The fourth-order valence-electron chi connectivity index (χ4n) is 2.37. The third kappa shape index (κ3) is 2.68. The third-order valence-electron chi connectivity index (χ3n) is 3.38. The molecule has 3 aromatic carbocycles. The zero-order chi connectivity index (χ0) is 14.7. The quantitative estimate of drug-likeness (QED) is 0.474. The topological polar surface area (TPSA) is 23.8 Å². The van der Waals surface area contributed by atoms with Crippen LogP contribution in [0.5, 0.6) is 0 Å². The van der Waals surface area contributed by atoms with Gasteiger partial charge >= 0.3 is 0 Å². The normalized spacial score (nSPS) is 11.3. The summed E-state index contributed by atoms with van der Waals surface area (Å²) in [6, 6.07) is 22.2. The average molecular weight is 273 g/mol. The Morgan fingerprint density at radius 2 is 1.71 bits per heavy atom. The maximum absolute atomic E-state index is 13.3. The summed E-state index contributed by atoms with van der Waals surface area (Å²) in [7, 11) is 0. The van der Waals surface area contributed by atoms with Crippen LogP contribution in [0, 0.1) is 17.1 Å². The van der Waals surface area contributed by atoms with Crippen LogP contribution >= 0.6 is 0 Å². The number of hydrogen-bond donors (Lipinski definition) is 0. The maximum atomic E-state index is 13.3. The minimum absolute atomic E-state index is 0.341. The van der Waals surface area contributed by atoms with Crippen molar-refractivity contribution in [2.45, 2.75) is 0 Å². The van der Waals surface area contributed by atoms with Gasteiger partial charge in [0.25, 0.3) is 0 Å². The standard InChI is InChI=1S/C19H12FN/c20-18-9-4-7-15(12-18)17(13-21)11-16-8-3-6-14-5-1-2-10-19(14)16/h1-12H. The summed E-state index contributed by atoms with van der Waals surface area (Å²) in [6.07, 6.45) is 1.80. The Morgan fingerprint density at radius 3 is 2.52 bits per heavy atom. The first kappa shape index (κ1) is 13.1. The van der Waals surface area contributed by atoms with Crippen molar-refractivity contribution in [2.24, 2.45) is 0 Å². The molecule has 0 saturated carbocycles. The van der Waals surface area contributed by atoms with Gasteiger partial charge < -0.3 is 0 Å². The van der Waals surface area contributed by atoms with Gasteiger partial charge in [0, 0.05) is 0 Å². The van der Waals surface area contributed by atoms with Crippen molar-refractivity contribution in [1.29, 1.82) is 5.26 Å². The van der Waals surface area contributed by atoms with Crippen LogP contribution in [-0.4, -0.2) is 0 Å². The van der Waals surface area contributed by atoms with Gasteiger partial charge in [-0.3, -0.25) is 0 Å². The van der Waals surface area contributed by atoms with Gasteiger partial charge in [-0.05, 0) is 40.1 Å². The number of nitriles is 1. The molecule has 3 rings (SSSR count). The van der Waals surface area contributed by atoms with Crippen molar-refractivity contribution in [1.82, 2.24) is 0 Å². The molecule has 21 heavy (non-hydrogen) atoms. The molecule has 0 radical (unpaired) electrons. The lowest BCUT2D eigenvalue weighted by atomic mass is 9.99. The lowest BCUT2D eigenvalue weighted by Gasteiger charge is -2.04. The molecule has 1 nitrogen and oxygen atoms in total. The van der Waals surface area contributed by atoms with Crippen molar-refractivity contribution in [3.05, 3.63) is 83.7 Å². The van der Waals surface area contributed by atoms with E-state index in [1.165, 1.54) is 12.1 Å². The van der Waals surface area contributed by atoms with E-state index < -0.39 is 0 Å². The smallest absolute Gasteiger partial charge is 0.123 e. The summed E-state index contributed by atoms with van der Waals surface area (Å²) in [4.78, 5) is 0. The maximum Gasteiger partial charge on any atom is 0.123 e. The zero-order valence-electron chi connectivity index (χ0n) is 11.3. The summed E-state index contributed by atoms with van der Waals surface area (Å²) in [6.45, 7) is 0. The van der Waals surface area contributed by atoms with E-state index in [-0.39, 0.29) is 5.82 Å². The predicted octanol–water partition coefficient (Wildman–Crippen LogP) is 5.04. The van der Waals surface area contributed by atoms with Crippen molar-refractivity contribution in [3.63, 3.8) is 0 Å². The number of halogens is 1. The average Bonchev–Trinajstić information content (AvgIpc) is 2.52. The van der Waals surface area contributed by atoms with Crippen LogP contribution in [0.2, 0.25) is 0 Å². The van der Waals surface area contributed by atoms with Gasteiger partial charge in [-0.1, -0.05) is 54.6 Å². The van der Waals surface area contributed by atoms with Crippen LogP contribution in [0.1, 0.15) is 11.1 Å². The molecule has 0 aliphatic heterocycles. The van der Waals surface area contributed by atoms with E-state index in [4.69, 9.17) is 0 Å². The number of fused-ring (bicyclic) bond motifs is 1. The highest BCUT2D eigenvalue weighted by Gasteiger charge is 2.04. The Balaban J connectivity index is 2.16. The second-order valence-corrected chi connectivity index (χ2v) is 4.75. The van der Waals surface area contributed by atoms with Crippen molar-refractivity contribution < 1.29 is 4.39 Å². The molecule has 0 aliphatic rings. The number of allylic oxidation sites excluding steroid dienone is 1. The SMILES string of the molecule is N#CC(=Cc1cccc2ccccc12)c1cccc(F)c1. The highest BCUT2D eigenvalue weighted by atomic mass is 19.1. The van der Waals surface area contributed by atoms with Gasteiger partial charge in [-0.25, -0.2) is 4.39 Å². The molecule has 0 aliphatic carbocycles.